The van der Waals surface area contributed by atoms with E-state index in [0.717, 1.165) is 0 Å². The number of nitriles is 1. The van der Waals surface area contributed by atoms with E-state index in [4.69, 9.17) is 11.0 Å². The summed E-state index contributed by atoms with van der Waals surface area (Å²) in [5, 5.41) is 7.89. The van der Waals surface area contributed by atoms with E-state index in [-0.39, 0.29) is 0 Å². The average molecular weight is 182 g/mol. The van der Waals surface area contributed by atoms with Crippen molar-refractivity contribution in [2.45, 2.75) is 12.4 Å². The molecular formula is C6H9F3N2O. The van der Waals surface area contributed by atoms with Crippen LogP contribution in [0.25, 0.3) is 0 Å². The smallest absolute Gasteiger partial charge is 0.313 e. The third kappa shape index (κ3) is 16.0. The summed E-state index contributed by atoms with van der Waals surface area (Å²) in [6.07, 6.45) is -3.07. The lowest BCUT2D eigenvalue weighted by Crippen LogP contribution is -2.11. The van der Waals surface area contributed by atoms with Gasteiger partial charge in [0.15, 0.2) is 0 Å². The molecule has 1 unspecified atom stereocenters. The molecule has 0 radical (unpaired) electrons. The normalized spacial score (nSPS) is 12.0. The lowest BCUT2D eigenvalue weighted by atomic mass is 10.4. The molecule has 2 N–H and O–H groups in total. The molecule has 0 heterocycles. The van der Waals surface area contributed by atoms with E-state index in [1.807, 2.05) is 0 Å². The number of alkyl halides is 3. The van der Waals surface area contributed by atoms with Crippen molar-refractivity contribution in [3.8, 4) is 6.07 Å². The third-order valence-corrected chi connectivity index (χ3v) is 0.634. The van der Waals surface area contributed by atoms with Crippen molar-refractivity contribution in [3.63, 3.8) is 0 Å². The minimum atomic E-state index is -4.46. The second-order valence-corrected chi connectivity index (χ2v) is 1.54. The Morgan fingerprint density at radius 3 is 2.00 bits per heavy atom. The van der Waals surface area contributed by atoms with Crippen LogP contribution in [0.3, 0.4) is 0 Å². The van der Waals surface area contributed by atoms with Gasteiger partial charge < -0.3 is 5.73 Å². The number of hydrogen-bond donors (Lipinski definition) is 1. The Morgan fingerprint density at radius 2 is 2.00 bits per heavy atom. The molecule has 0 aliphatic heterocycles. The minimum Gasteiger partial charge on any atom is -0.313 e. The van der Waals surface area contributed by atoms with Crippen LogP contribution < -0.4 is 5.73 Å². The van der Waals surface area contributed by atoms with E-state index in [1.54, 1.807) is 6.07 Å². The van der Waals surface area contributed by atoms with Gasteiger partial charge in [0, 0.05) is 7.11 Å². The fourth-order valence-electron chi connectivity index (χ4n) is 0.0527. The molecule has 0 amide bonds. The van der Waals surface area contributed by atoms with Crippen molar-refractivity contribution in [1.82, 2.24) is 0 Å². The lowest BCUT2D eigenvalue weighted by Gasteiger charge is -1.97. The van der Waals surface area contributed by atoms with Crippen LogP contribution in [0, 0.1) is 11.3 Å². The molecule has 0 aromatic heterocycles. The Kier molecular flexibility index (Phi) is 7.48. The number of halogens is 3. The Morgan fingerprint density at radius 1 is 1.67 bits per heavy atom. The Balaban J connectivity index is 0. The summed E-state index contributed by atoms with van der Waals surface area (Å²) in [6.45, 7) is 3.28. The molecule has 0 aromatic rings. The maximum atomic E-state index is 10.6. The van der Waals surface area contributed by atoms with Crippen molar-refractivity contribution < 1.29 is 17.9 Å². The van der Waals surface area contributed by atoms with E-state index < -0.39 is 12.4 Å². The fraction of sp³-hybridized carbons (Fsp3) is 0.500. The highest BCUT2D eigenvalue weighted by molar-refractivity contribution is 4.99. The molecule has 0 aliphatic rings. The van der Waals surface area contributed by atoms with Crippen LogP contribution in [0.15, 0.2) is 12.7 Å². The first kappa shape index (κ1) is 13.5. The number of nitrogens with two attached hydrogens (primary N) is 1. The van der Waals surface area contributed by atoms with E-state index in [1.165, 1.54) is 6.08 Å². The zero-order valence-corrected chi connectivity index (χ0v) is 6.43. The molecular weight excluding hydrogens is 173 g/mol. The van der Waals surface area contributed by atoms with Crippen molar-refractivity contribution in [2.24, 2.45) is 5.73 Å². The van der Waals surface area contributed by atoms with E-state index in [2.05, 4.69) is 11.3 Å². The number of nitrogens with zero attached hydrogens (tertiary/aromatic N) is 1. The summed E-state index contributed by atoms with van der Waals surface area (Å²) in [5.41, 5.74) is 4.99. The van der Waals surface area contributed by atoms with Gasteiger partial charge in [-0.25, -0.2) is 0 Å². The molecule has 0 saturated heterocycles. The van der Waals surface area contributed by atoms with Crippen molar-refractivity contribution in [1.29, 1.82) is 5.26 Å². The van der Waals surface area contributed by atoms with E-state index in [9.17, 15) is 13.2 Å². The molecule has 6 heteroatoms. The van der Waals surface area contributed by atoms with Gasteiger partial charge in [-0.3, -0.25) is 4.74 Å². The van der Waals surface area contributed by atoms with Crippen LogP contribution in [0.2, 0.25) is 0 Å². The molecule has 12 heavy (non-hydrogen) atoms. The number of rotatable bonds is 1. The van der Waals surface area contributed by atoms with Crippen LogP contribution in [-0.4, -0.2) is 19.5 Å². The molecule has 70 valence electrons. The Labute approximate surface area is 68.2 Å². The second kappa shape index (κ2) is 6.64. The van der Waals surface area contributed by atoms with Gasteiger partial charge in [0.05, 0.1) is 6.07 Å². The summed E-state index contributed by atoms with van der Waals surface area (Å²) in [6, 6.07) is 1.28. The molecule has 0 spiro atoms. The topological polar surface area (TPSA) is 59.0 Å². The maximum Gasteiger partial charge on any atom is 0.522 e. The van der Waals surface area contributed by atoms with Crippen LogP contribution in [0.1, 0.15) is 0 Å². The minimum absolute atomic E-state index is 0.495. The van der Waals surface area contributed by atoms with Crippen molar-refractivity contribution in [2.75, 3.05) is 7.11 Å². The van der Waals surface area contributed by atoms with Crippen molar-refractivity contribution in [3.05, 3.63) is 12.7 Å². The molecule has 0 aromatic carbocycles. The first-order valence-corrected chi connectivity index (χ1v) is 2.77. The molecule has 1 atom stereocenters. The molecule has 3 nitrogen and oxygen atoms in total. The lowest BCUT2D eigenvalue weighted by molar-refractivity contribution is -0.311. The van der Waals surface area contributed by atoms with Gasteiger partial charge in [0.2, 0.25) is 0 Å². The zero-order valence-electron chi connectivity index (χ0n) is 6.43. The first-order valence-electron chi connectivity index (χ1n) is 2.77. The summed E-state index contributed by atoms with van der Waals surface area (Å²) in [7, 11) is 0.583. The summed E-state index contributed by atoms with van der Waals surface area (Å²) in [4.78, 5) is 0. The van der Waals surface area contributed by atoms with Gasteiger partial charge in [0.1, 0.15) is 6.04 Å². The summed E-state index contributed by atoms with van der Waals surface area (Å²) >= 11 is 0. The zero-order chi connectivity index (χ0) is 10.2. The van der Waals surface area contributed by atoms with Gasteiger partial charge in [-0.15, -0.1) is 19.8 Å². The fourth-order valence-corrected chi connectivity index (χ4v) is 0.0527. The number of methoxy groups -OCH3 is 1. The van der Waals surface area contributed by atoms with E-state index in [0.29, 0.717) is 7.11 Å². The highest BCUT2D eigenvalue weighted by atomic mass is 19.4. The average Bonchev–Trinajstić information content (AvgIpc) is 2.03. The Bertz CT molecular complexity index is 161. The monoisotopic (exact) mass is 182 g/mol. The van der Waals surface area contributed by atoms with Gasteiger partial charge in [-0.1, -0.05) is 6.08 Å². The van der Waals surface area contributed by atoms with Crippen LogP contribution in [-0.2, 0) is 4.74 Å². The third-order valence-electron chi connectivity index (χ3n) is 0.634. The van der Waals surface area contributed by atoms with Crippen LogP contribution in [0.5, 0.6) is 0 Å². The SMILES string of the molecule is C=CC(N)C#N.COC(F)(F)F. The van der Waals surface area contributed by atoms with Gasteiger partial charge in [-0.2, -0.15) is 5.26 Å². The van der Waals surface area contributed by atoms with Crippen LogP contribution >= 0.6 is 0 Å². The van der Waals surface area contributed by atoms with Gasteiger partial charge in [0.25, 0.3) is 0 Å². The first-order chi connectivity index (χ1) is 5.37. The highest BCUT2D eigenvalue weighted by Crippen LogP contribution is 2.13. The van der Waals surface area contributed by atoms with Gasteiger partial charge in [-0.05, 0) is 0 Å². The molecule has 0 fully saturated rings. The summed E-state index contributed by atoms with van der Waals surface area (Å²) < 4.78 is 34.6. The van der Waals surface area contributed by atoms with Crippen LogP contribution in [0.4, 0.5) is 13.2 Å². The second-order valence-electron chi connectivity index (χ2n) is 1.54. The van der Waals surface area contributed by atoms with E-state index >= 15 is 0 Å². The molecule has 0 saturated carbocycles. The Hall–Kier alpha value is -1.06. The molecule has 0 aliphatic carbocycles. The maximum absolute atomic E-state index is 10.6. The number of hydrogen-bond acceptors (Lipinski definition) is 3. The predicted molar refractivity (Wildman–Crippen MR) is 36.8 cm³/mol. The molecule has 0 bridgehead atoms. The quantitative estimate of drug-likeness (QED) is 0.619. The van der Waals surface area contributed by atoms with Gasteiger partial charge >= 0.3 is 6.36 Å². The number of ether oxygens (including phenoxy) is 1. The van der Waals surface area contributed by atoms with Crippen molar-refractivity contribution >= 4 is 0 Å². The summed E-state index contributed by atoms with van der Waals surface area (Å²) in [5.74, 6) is 0. The largest absolute Gasteiger partial charge is 0.522 e. The highest BCUT2D eigenvalue weighted by Gasteiger charge is 2.25. The predicted octanol–water partition coefficient (Wildman–Crippen LogP) is 1.18. The standard InChI is InChI=1S/C4H6N2.C2H3F3O/c1-2-4(6)3-5;1-6-2(3,4)5/h2,4H,1,6H2;1H3. The molecule has 0 rings (SSSR count).